The fourth-order valence-corrected chi connectivity index (χ4v) is 4.76. The Balaban J connectivity index is 1.18. The van der Waals surface area contributed by atoms with E-state index in [1.54, 1.807) is 12.1 Å². The number of piperazine rings is 1. The molecule has 0 amide bonds. The second-order valence-electron chi connectivity index (χ2n) is 8.83. The van der Waals surface area contributed by atoms with Gasteiger partial charge in [0, 0.05) is 38.8 Å². The van der Waals surface area contributed by atoms with Crippen LogP contribution in [0.25, 0.3) is 0 Å². The van der Waals surface area contributed by atoms with Crippen LogP contribution >= 0.6 is 0 Å². The molecule has 34 heavy (non-hydrogen) atoms. The Hall–Kier alpha value is -3.25. The van der Waals surface area contributed by atoms with Crippen molar-refractivity contribution < 1.29 is 13.9 Å². The molecule has 0 N–H and O–H groups in total. The number of hydrogen-bond donors (Lipinski definition) is 0. The molecule has 0 aliphatic carbocycles. The lowest BCUT2D eigenvalue weighted by Gasteiger charge is -2.37. The lowest BCUT2D eigenvalue weighted by molar-refractivity contribution is 0.254. The van der Waals surface area contributed by atoms with Crippen LogP contribution in [0.5, 0.6) is 17.2 Å². The van der Waals surface area contributed by atoms with Gasteiger partial charge >= 0.3 is 0 Å². The van der Waals surface area contributed by atoms with Crippen molar-refractivity contribution in [2.75, 3.05) is 55.7 Å². The second-order valence-corrected chi connectivity index (χ2v) is 8.83. The van der Waals surface area contributed by atoms with E-state index in [0.717, 1.165) is 86.4 Å². The predicted octanol–water partition coefficient (Wildman–Crippen LogP) is 6.07. The first-order valence-corrected chi connectivity index (χ1v) is 12.3. The van der Waals surface area contributed by atoms with Crippen molar-refractivity contribution >= 4 is 17.1 Å². The van der Waals surface area contributed by atoms with Gasteiger partial charge in [0.15, 0.2) is 11.5 Å². The molecule has 2 aliphatic heterocycles. The molecule has 5 nitrogen and oxygen atoms in total. The number of halogens is 1. The van der Waals surface area contributed by atoms with Crippen molar-refractivity contribution in [3.8, 4) is 17.2 Å². The molecule has 1 fully saturated rings. The normalized spacial score (nSPS) is 15.5. The van der Waals surface area contributed by atoms with E-state index in [1.807, 2.05) is 24.3 Å². The van der Waals surface area contributed by atoms with Crippen LogP contribution in [0.1, 0.15) is 19.8 Å². The van der Waals surface area contributed by atoms with Gasteiger partial charge in [0.1, 0.15) is 11.6 Å². The van der Waals surface area contributed by atoms with E-state index in [-0.39, 0.29) is 5.82 Å². The molecule has 2 aliphatic rings. The highest BCUT2D eigenvalue weighted by molar-refractivity contribution is 5.77. The summed E-state index contributed by atoms with van der Waals surface area (Å²) in [6.45, 7) is 8.33. The quantitative estimate of drug-likeness (QED) is 0.406. The molecule has 5 rings (SSSR count). The Bertz CT molecular complexity index is 1070. The van der Waals surface area contributed by atoms with Crippen molar-refractivity contribution in [1.29, 1.82) is 0 Å². The predicted molar refractivity (Wildman–Crippen MR) is 135 cm³/mol. The van der Waals surface area contributed by atoms with E-state index in [0.29, 0.717) is 6.61 Å². The van der Waals surface area contributed by atoms with Gasteiger partial charge in [-0.1, -0.05) is 31.2 Å². The molecule has 0 saturated carbocycles. The van der Waals surface area contributed by atoms with Crippen LogP contribution in [0.4, 0.5) is 21.5 Å². The third-order valence-electron chi connectivity index (χ3n) is 6.48. The van der Waals surface area contributed by atoms with Crippen molar-refractivity contribution in [1.82, 2.24) is 4.90 Å². The number of para-hydroxylation sites is 4. The standard InChI is InChI=1S/C28H32FN3O2/c1-2-20-33-26-13-12-22(29)21-25(26)31-18-16-30(17-19-31)14-7-15-32-23-8-3-5-10-27(23)34-28-11-6-4-9-24(28)32/h3-6,8-13,21H,2,7,14-20H2,1H3. The molecule has 0 radical (unpaired) electrons. The monoisotopic (exact) mass is 461 g/mol. The maximum absolute atomic E-state index is 13.9. The fourth-order valence-electron chi connectivity index (χ4n) is 4.76. The van der Waals surface area contributed by atoms with Gasteiger partial charge in [-0.25, -0.2) is 4.39 Å². The molecule has 2 heterocycles. The van der Waals surface area contributed by atoms with Gasteiger partial charge in [-0.3, -0.25) is 4.90 Å². The average Bonchev–Trinajstić information content (AvgIpc) is 2.88. The summed E-state index contributed by atoms with van der Waals surface area (Å²) < 4.78 is 25.9. The van der Waals surface area contributed by atoms with Crippen molar-refractivity contribution in [3.05, 3.63) is 72.5 Å². The summed E-state index contributed by atoms with van der Waals surface area (Å²) >= 11 is 0. The molecule has 0 unspecified atom stereocenters. The zero-order valence-corrected chi connectivity index (χ0v) is 19.8. The molecule has 0 bridgehead atoms. The topological polar surface area (TPSA) is 28.2 Å². The lowest BCUT2D eigenvalue weighted by atomic mass is 10.1. The van der Waals surface area contributed by atoms with Gasteiger partial charge in [-0.2, -0.15) is 0 Å². The molecule has 0 spiro atoms. The average molecular weight is 462 g/mol. The van der Waals surface area contributed by atoms with E-state index >= 15 is 0 Å². The van der Waals surface area contributed by atoms with Crippen LogP contribution in [0.3, 0.4) is 0 Å². The Morgan fingerprint density at radius 1 is 0.824 bits per heavy atom. The number of ether oxygens (including phenoxy) is 2. The summed E-state index contributed by atoms with van der Waals surface area (Å²) in [7, 11) is 0. The van der Waals surface area contributed by atoms with E-state index in [4.69, 9.17) is 9.47 Å². The van der Waals surface area contributed by atoms with Crippen LogP contribution in [0.15, 0.2) is 66.7 Å². The van der Waals surface area contributed by atoms with Crippen molar-refractivity contribution in [2.24, 2.45) is 0 Å². The Labute approximate surface area is 201 Å². The first kappa shape index (κ1) is 22.5. The maximum Gasteiger partial charge on any atom is 0.151 e. The van der Waals surface area contributed by atoms with E-state index in [2.05, 4.69) is 45.9 Å². The maximum atomic E-state index is 13.9. The highest BCUT2D eigenvalue weighted by Gasteiger charge is 2.24. The van der Waals surface area contributed by atoms with E-state index < -0.39 is 0 Å². The number of anilines is 3. The van der Waals surface area contributed by atoms with Crippen LogP contribution < -0.4 is 19.3 Å². The smallest absolute Gasteiger partial charge is 0.151 e. The number of fused-ring (bicyclic) bond motifs is 2. The van der Waals surface area contributed by atoms with Gasteiger partial charge in [0.2, 0.25) is 0 Å². The number of rotatable bonds is 8. The van der Waals surface area contributed by atoms with Crippen molar-refractivity contribution in [2.45, 2.75) is 19.8 Å². The third kappa shape index (κ3) is 4.82. The summed E-state index contributed by atoms with van der Waals surface area (Å²) in [5.41, 5.74) is 3.11. The van der Waals surface area contributed by atoms with E-state index in [9.17, 15) is 4.39 Å². The Kier molecular flexibility index (Phi) is 6.86. The minimum atomic E-state index is -0.215. The zero-order valence-electron chi connectivity index (χ0n) is 19.8. The molecule has 0 atom stereocenters. The van der Waals surface area contributed by atoms with Gasteiger partial charge in [-0.15, -0.1) is 0 Å². The highest BCUT2D eigenvalue weighted by Crippen LogP contribution is 2.46. The number of hydrogen-bond acceptors (Lipinski definition) is 5. The molecule has 3 aromatic rings. The van der Waals surface area contributed by atoms with E-state index in [1.165, 1.54) is 6.07 Å². The minimum absolute atomic E-state index is 0.215. The van der Waals surface area contributed by atoms with Crippen LogP contribution in [-0.4, -0.2) is 50.8 Å². The SMILES string of the molecule is CCCOc1ccc(F)cc1N1CCN(CCCN2c3ccccc3Oc3ccccc32)CC1. The zero-order chi connectivity index (χ0) is 23.3. The number of benzene rings is 3. The second kappa shape index (κ2) is 10.3. The van der Waals surface area contributed by atoms with Gasteiger partial charge in [0.05, 0.1) is 23.7 Å². The lowest BCUT2D eigenvalue weighted by Crippen LogP contribution is -2.47. The molecule has 178 valence electrons. The third-order valence-corrected chi connectivity index (χ3v) is 6.48. The van der Waals surface area contributed by atoms with Crippen LogP contribution in [0.2, 0.25) is 0 Å². The summed E-state index contributed by atoms with van der Waals surface area (Å²) in [6, 6.07) is 21.3. The first-order chi connectivity index (χ1) is 16.7. The molecule has 6 heteroatoms. The minimum Gasteiger partial charge on any atom is -0.491 e. The summed E-state index contributed by atoms with van der Waals surface area (Å²) in [5, 5.41) is 0. The first-order valence-electron chi connectivity index (χ1n) is 12.3. The van der Waals surface area contributed by atoms with Gasteiger partial charge < -0.3 is 19.3 Å². The fraction of sp³-hybridized carbons (Fsp3) is 0.357. The highest BCUT2D eigenvalue weighted by atomic mass is 19.1. The molecule has 1 saturated heterocycles. The molecular weight excluding hydrogens is 429 g/mol. The van der Waals surface area contributed by atoms with Gasteiger partial charge in [0.25, 0.3) is 0 Å². The van der Waals surface area contributed by atoms with Gasteiger partial charge in [-0.05, 0) is 55.8 Å². The number of nitrogens with zero attached hydrogens (tertiary/aromatic N) is 3. The summed E-state index contributed by atoms with van der Waals surface area (Å²) in [5.74, 6) is 2.38. The summed E-state index contributed by atoms with van der Waals surface area (Å²) in [4.78, 5) is 7.12. The molecule has 3 aromatic carbocycles. The molecular formula is C28H32FN3O2. The molecule has 0 aromatic heterocycles. The van der Waals surface area contributed by atoms with Crippen molar-refractivity contribution in [3.63, 3.8) is 0 Å². The van der Waals surface area contributed by atoms with Crippen LogP contribution in [-0.2, 0) is 0 Å². The Morgan fingerprint density at radius 3 is 2.18 bits per heavy atom. The Morgan fingerprint density at radius 2 is 1.50 bits per heavy atom. The van der Waals surface area contributed by atoms with Crippen LogP contribution in [0, 0.1) is 5.82 Å². The largest absolute Gasteiger partial charge is 0.491 e. The summed E-state index contributed by atoms with van der Waals surface area (Å²) in [6.07, 6.45) is 1.98.